The Morgan fingerprint density at radius 1 is 0.667 bits per heavy atom. The molecule has 0 amide bonds. The lowest BCUT2D eigenvalue weighted by atomic mass is 10.0. The first-order valence-electron chi connectivity index (χ1n) is 12.9. The van der Waals surface area contributed by atoms with Crippen LogP contribution in [0.2, 0.25) is 0 Å². The molecule has 1 N–H and O–H groups in total. The zero-order valence-corrected chi connectivity index (χ0v) is 23.5. The molecule has 0 bridgehead atoms. The first-order chi connectivity index (χ1) is 18.9. The molecule has 4 rings (SSSR count). The highest BCUT2D eigenvalue weighted by Gasteiger charge is 2.15. The van der Waals surface area contributed by atoms with Crippen LogP contribution in [0.15, 0.2) is 115 Å². The maximum absolute atomic E-state index is 5.38. The summed E-state index contributed by atoms with van der Waals surface area (Å²) in [5.74, 6) is 2.51. The van der Waals surface area contributed by atoms with Gasteiger partial charge in [0.25, 0.3) is 0 Å². The number of hydrogen-bond acceptors (Lipinski definition) is 5. The van der Waals surface area contributed by atoms with Gasteiger partial charge in [0.1, 0.15) is 11.5 Å². The summed E-state index contributed by atoms with van der Waals surface area (Å²) in [6.45, 7) is 6.20. The summed E-state index contributed by atoms with van der Waals surface area (Å²) >= 11 is 0. The smallest absolute Gasteiger partial charge is 0.119 e. The number of ether oxygens (including phenoxy) is 3. The molecule has 200 valence electrons. The standard InChI is InChI=1S/C34H36N2O3/c1-24-23-28(27-9-12-29(13-10-27)35-30-14-18-32(38-5)19-15-30)11-22-34(24)36(25(2)7-8-26(3)37-4)31-16-20-33(39-6)21-17-31/h7-23,35H,1-6H3. The van der Waals surface area contributed by atoms with Crippen LogP contribution >= 0.6 is 0 Å². The van der Waals surface area contributed by atoms with Crippen LogP contribution in [0.4, 0.5) is 22.7 Å². The highest BCUT2D eigenvalue weighted by atomic mass is 16.5. The predicted molar refractivity (Wildman–Crippen MR) is 163 cm³/mol. The van der Waals surface area contributed by atoms with Crippen LogP contribution in [0.25, 0.3) is 11.1 Å². The monoisotopic (exact) mass is 520 g/mol. The molecule has 0 aliphatic carbocycles. The van der Waals surface area contributed by atoms with Crippen LogP contribution in [-0.2, 0) is 4.74 Å². The summed E-state index contributed by atoms with van der Waals surface area (Å²) < 4.78 is 16.0. The fourth-order valence-corrected chi connectivity index (χ4v) is 4.32. The van der Waals surface area contributed by atoms with Crippen molar-refractivity contribution in [3.63, 3.8) is 0 Å². The number of allylic oxidation sites excluding steroid dienone is 4. The van der Waals surface area contributed by atoms with Crippen LogP contribution in [0.1, 0.15) is 19.4 Å². The fraction of sp³-hybridized carbons (Fsp3) is 0.176. The zero-order chi connectivity index (χ0) is 27.8. The van der Waals surface area contributed by atoms with Crippen molar-refractivity contribution in [1.82, 2.24) is 0 Å². The van der Waals surface area contributed by atoms with Crippen LogP contribution in [0.3, 0.4) is 0 Å². The molecule has 0 aliphatic heterocycles. The maximum atomic E-state index is 5.38. The average molecular weight is 521 g/mol. The average Bonchev–Trinajstić information content (AvgIpc) is 2.98. The Morgan fingerprint density at radius 2 is 1.21 bits per heavy atom. The van der Waals surface area contributed by atoms with Crippen LogP contribution in [0.5, 0.6) is 11.5 Å². The lowest BCUT2D eigenvalue weighted by Gasteiger charge is -2.28. The molecule has 0 heterocycles. The molecule has 0 spiro atoms. The van der Waals surface area contributed by atoms with E-state index in [4.69, 9.17) is 14.2 Å². The molecule has 0 radical (unpaired) electrons. The summed E-state index contributed by atoms with van der Waals surface area (Å²) in [5.41, 5.74) is 8.78. The Bertz CT molecular complexity index is 1440. The summed E-state index contributed by atoms with van der Waals surface area (Å²) in [6.07, 6.45) is 4.06. The quantitative estimate of drug-likeness (QED) is 0.167. The molecular weight excluding hydrogens is 484 g/mol. The van der Waals surface area contributed by atoms with Gasteiger partial charge in [0.2, 0.25) is 0 Å². The normalized spacial score (nSPS) is 11.6. The molecule has 39 heavy (non-hydrogen) atoms. The van der Waals surface area contributed by atoms with Gasteiger partial charge in [0, 0.05) is 28.4 Å². The molecule has 4 aromatic carbocycles. The van der Waals surface area contributed by atoms with Crippen LogP contribution in [0, 0.1) is 6.92 Å². The zero-order valence-electron chi connectivity index (χ0n) is 23.5. The number of aryl methyl sites for hydroxylation is 1. The van der Waals surface area contributed by atoms with Gasteiger partial charge in [0.05, 0.1) is 27.1 Å². The highest BCUT2D eigenvalue weighted by Crippen LogP contribution is 2.36. The van der Waals surface area contributed by atoms with Gasteiger partial charge in [-0.1, -0.05) is 18.2 Å². The Labute approximate surface area is 232 Å². The Morgan fingerprint density at radius 3 is 1.74 bits per heavy atom. The van der Waals surface area contributed by atoms with E-state index in [2.05, 4.69) is 84.7 Å². The Kier molecular flexibility index (Phi) is 8.95. The van der Waals surface area contributed by atoms with Gasteiger partial charge in [-0.05, 0) is 122 Å². The number of anilines is 4. The van der Waals surface area contributed by atoms with Gasteiger partial charge in [-0.3, -0.25) is 0 Å². The van der Waals surface area contributed by atoms with E-state index in [1.54, 1.807) is 21.3 Å². The minimum Gasteiger partial charge on any atom is -0.501 e. The van der Waals surface area contributed by atoms with Gasteiger partial charge in [-0.15, -0.1) is 0 Å². The Hall–Kier alpha value is -4.64. The topological polar surface area (TPSA) is 43.0 Å². The van der Waals surface area contributed by atoms with E-state index in [9.17, 15) is 0 Å². The molecule has 0 unspecified atom stereocenters. The molecule has 0 saturated carbocycles. The minimum atomic E-state index is 0.826. The lowest BCUT2D eigenvalue weighted by molar-refractivity contribution is 0.293. The van der Waals surface area contributed by atoms with Gasteiger partial charge >= 0.3 is 0 Å². The van der Waals surface area contributed by atoms with E-state index in [0.717, 1.165) is 51.3 Å². The molecule has 5 heteroatoms. The minimum absolute atomic E-state index is 0.826. The predicted octanol–water partition coefficient (Wildman–Crippen LogP) is 9.01. The summed E-state index contributed by atoms with van der Waals surface area (Å²) in [7, 11) is 5.03. The second-order valence-electron chi connectivity index (χ2n) is 9.26. The van der Waals surface area contributed by atoms with E-state index in [1.807, 2.05) is 49.4 Å². The second kappa shape index (κ2) is 12.7. The molecule has 5 nitrogen and oxygen atoms in total. The first-order valence-corrected chi connectivity index (χ1v) is 12.9. The highest BCUT2D eigenvalue weighted by molar-refractivity contribution is 5.76. The summed E-state index contributed by atoms with van der Waals surface area (Å²) in [5, 5.41) is 3.44. The van der Waals surface area contributed by atoms with Gasteiger partial charge in [0.15, 0.2) is 0 Å². The van der Waals surface area contributed by atoms with Crippen molar-refractivity contribution in [1.29, 1.82) is 0 Å². The third-order valence-electron chi connectivity index (χ3n) is 6.60. The SMILES string of the molecule is COC(C)=CC=C(C)N(c1ccc(OC)cc1)c1ccc(-c2ccc(Nc3ccc(OC)cc3)cc2)cc1C. The van der Waals surface area contributed by atoms with Gasteiger partial charge < -0.3 is 24.4 Å². The van der Waals surface area contributed by atoms with Crippen molar-refractivity contribution in [2.45, 2.75) is 20.8 Å². The lowest BCUT2D eigenvalue weighted by Crippen LogP contribution is -2.15. The van der Waals surface area contributed by atoms with E-state index in [0.29, 0.717) is 0 Å². The molecule has 0 aliphatic rings. The third kappa shape index (κ3) is 6.82. The van der Waals surface area contributed by atoms with E-state index in [-0.39, 0.29) is 0 Å². The number of nitrogens with one attached hydrogen (secondary N) is 1. The largest absolute Gasteiger partial charge is 0.501 e. The summed E-state index contributed by atoms with van der Waals surface area (Å²) in [6, 6.07) is 31.1. The number of rotatable bonds is 10. The van der Waals surface area contributed by atoms with Crippen molar-refractivity contribution in [3.05, 3.63) is 120 Å². The van der Waals surface area contributed by atoms with Gasteiger partial charge in [-0.2, -0.15) is 0 Å². The molecule has 0 aromatic heterocycles. The molecule has 0 fully saturated rings. The maximum Gasteiger partial charge on any atom is 0.119 e. The fourth-order valence-electron chi connectivity index (χ4n) is 4.32. The van der Waals surface area contributed by atoms with Crippen molar-refractivity contribution in [2.75, 3.05) is 31.5 Å². The molecule has 0 saturated heterocycles. The van der Waals surface area contributed by atoms with E-state index >= 15 is 0 Å². The van der Waals surface area contributed by atoms with Crippen molar-refractivity contribution in [2.24, 2.45) is 0 Å². The van der Waals surface area contributed by atoms with Crippen LogP contribution < -0.4 is 19.7 Å². The van der Waals surface area contributed by atoms with E-state index in [1.165, 1.54) is 11.1 Å². The Balaban J connectivity index is 1.61. The van der Waals surface area contributed by atoms with Crippen molar-refractivity contribution >= 4 is 22.7 Å². The number of hydrogen-bond donors (Lipinski definition) is 1. The second-order valence-corrected chi connectivity index (χ2v) is 9.26. The number of nitrogens with zero attached hydrogens (tertiary/aromatic N) is 1. The first kappa shape index (κ1) is 27.4. The van der Waals surface area contributed by atoms with Gasteiger partial charge in [-0.25, -0.2) is 0 Å². The number of methoxy groups -OCH3 is 3. The van der Waals surface area contributed by atoms with Crippen LogP contribution in [-0.4, -0.2) is 21.3 Å². The van der Waals surface area contributed by atoms with Crippen molar-refractivity contribution in [3.8, 4) is 22.6 Å². The van der Waals surface area contributed by atoms with Crippen molar-refractivity contribution < 1.29 is 14.2 Å². The summed E-state index contributed by atoms with van der Waals surface area (Å²) in [4.78, 5) is 2.25. The molecule has 4 aromatic rings. The molecular formula is C34H36N2O3. The third-order valence-corrected chi connectivity index (χ3v) is 6.60. The van der Waals surface area contributed by atoms with E-state index < -0.39 is 0 Å². The molecule has 0 atom stereocenters. The number of benzene rings is 4.